The summed E-state index contributed by atoms with van der Waals surface area (Å²) in [6.45, 7) is 3.55. The van der Waals surface area contributed by atoms with Crippen LogP contribution in [0.4, 0.5) is 11.4 Å². The van der Waals surface area contributed by atoms with E-state index in [0.29, 0.717) is 17.0 Å². The highest BCUT2D eigenvalue weighted by atomic mass is 35.5. The number of para-hydroxylation sites is 1. The molecule has 2 atom stereocenters. The number of rotatable bonds is 5. The van der Waals surface area contributed by atoms with Crippen molar-refractivity contribution in [1.29, 1.82) is 0 Å². The van der Waals surface area contributed by atoms with Crippen LogP contribution in [0, 0.1) is 0 Å². The molecule has 5 nitrogen and oxygen atoms in total. The van der Waals surface area contributed by atoms with E-state index in [9.17, 15) is 14.4 Å². The van der Waals surface area contributed by atoms with Crippen molar-refractivity contribution in [1.82, 2.24) is 0 Å². The molecule has 0 bridgehead atoms. The van der Waals surface area contributed by atoms with Gasteiger partial charge in [0.1, 0.15) is 0 Å². The first-order chi connectivity index (χ1) is 16.4. The molecule has 171 valence electrons. The second kappa shape index (κ2) is 10.1. The Morgan fingerprint density at radius 1 is 1.03 bits per heavy atom. The summed E-state index contributed by atoms with van der Waals surface area (Å²) in [6.07, 6.45) is 5.23. The van der Waals surface area contributed by atoms with Gasteiger partial charge in [-0.2, -0.15) is 0 Å². The average molecular weight is 472 g/mol. The number of anilines is 2. The van der Waals surface area contributed by atoms with E-state index in [1.165, 1.54) is 6.08 Å². The van der Waals surface area contributed by atoms with E-state index >= 15 is 0 Å². The summed E-state index contributed by atoms with van der Waals surface area (Å²) in [5.74, 6) is -0.193. The normalized spacial score (nSPS) is 17.3. The summed E-state index contributed by atoms with van der Waals surface area (Å²) in [5.41, 5.74) is 3.83. The number of hydrogen-bond acceptors (Lipinski definition) is 3. The van der Waals surface area contributed by atoms with Gasteiger partial charge in [-0.25, -0.2) is 0 Å². The van der Waals surface area contributed by atoms with Crippen LogP contribution < -0.4 is 9.80 Å². The van der Waals surface area contributed by atoms with E-state index in [4.69, 9.17) is 11.6 Å². The fourth-order valence-corrected chi connectivity index (χ4v) is 4.65. The topological polar surface area (TPSA) is 57.7 Å². The Kier molecular flexibility index (Phi) is 6.94. The lowest BCUT2D eigenvalue weighted by Gasteiger charge is -2.43. The zero-order valence-electron chi connectivity index (χ0n) is 18.9. The van der Waals surface area contributed by atoms with Gasteiger partial charge in [0, 0.05) is 34.9 Å². The van der Waals surface area contributed by atoms with Crippen LogP contribution in [-0.2, 0) is 9.59 Å². The zero-order valence-corrected chi connectivity index (χ0v) is 19.7. The van der Waals surface area contributed by atoms with E-state index in [1.807, 2.05) is 43.3 Å². The number of carbonyl (C=O) groups excluding carboxylic acids is 3. The first kappa shape index (κ1) is 23.5. The molecule has 0 aliphatic carbocycles. The lowest BCUT2D eigenvalue weighted by atomic mass is 9.89. The lowest BCUT2D eigenvalue weighted by molar-refractivity contribution is -0.117. The molecular weight excluding hydrogens is 448 g/mol. The number of allylic oxidation sites excluding steroid dienone is 1. The Hall–Kier alpha value is -3.70. The summed E-state index contributed by atoms with van der Waals surface area (Å²) in [4.78, 5) is 40.3. The molecule has 0 fully saturated rings. The molecule has 3 aromatic carbocycles. The van der Waals surface area contributed by atoms with E-state index in [2.05, 4.69) is 0 Å². The van der Waals surface area contributed by atoms with Crippen molar-refractivity contribution in [3.05, 3.63) is 101 Å². The van der Waals surface area contributed by atoms with Gasteiger partial charge in [-0.15, -0.1) is 0 Å². The van der Waals surface area contributed by atoms with E-state index in [0.717, 1.165) is 22.5 Å². The van der Waals surface area contributed by atoms with Crippen LogP contribution in [0.5, 0.6) is 0 Å². The largest absolute Gasteiger partial charge is 0.305 e. The molecule has 1 radical (unpaired) electrons. The van der Waals surface area contributed by atoms with Gasteiger partial charge in [0.05, 0.1) is 6.04 Å². The second-order valence-electron chi connectivity index (χ2n) is 8.27. The third kappa shape index (κ3) is 4.66. The molecular formula is C28H24ClN2O3. The minimum absolute atomic E-state index is 0.0784. The van der Waals surface area contributed by atoms with Crippen molar-refractivity contribution < 1.29 is 14.4 Å². The third-order valence-corrected chi connectivity index (χ3v) is 6.29. The van der Waals surface area contributed by atoms with Crippen LogP contribution in [0.2, 0.25) is 5.02 Å². The predicted octanol–water partition coefficient (Wildman–Crippen LogP) is 6.00. The van der Waals surface area contributed by atoms with Crippen LogP contribution in [0.1, 0.15) is 47.8 Å². The van der Waals surface area contributed by atoms with Crippen LogP contribution in [0.3, 0.4) is 0 Å². The SMILES string of the molecule is CC(=O)N(c1ccc(Cl)cc1)[C@@H]1C[C@H](C)N(C(=O)c2ccc(C=C[C]=O)cc2)c2ccccc21. The maximum atomic E-state index is 13.6. The molecule has 2 amide bonds. The van der Waals surface area contributed by atoms with Crippen LogP contribution in [-0.4, -0.2) is 24.1 Å². The van der Waals surface area contributed by atoms with Crippen LogP contribution in [0.15, 0.2) is 78.9 Å². The predicted molar refractivity (Wildman–Crippen MR) is 136 cm³/mol. The Labute approximate surface area is 204 Å². The van der Waals surface area contributed by atoms with Crippen molar-refractivity contribution >= 4 is 47.2 Å². The first-order valence-electron chi connectivity index (χ1n) is 11.0. The Bertz CT molecular complexity index is 1240. The fraction of sp³-hybridized carbons (Fsp3) is 0.179. The van der Waals surface area contributed by atoms with Gasteiger partial charge in [0.25, 0.3) is 5.91 Å². The highest BCUT2D eigenvalue weighted by molar-refractivity contribution is 6.30. The van der Waals surface area contributed by atoms with Gasteiger partial charge in [-0.1, -0.05) is 48.0 Å². The number of fused-ring (bicyclic) bond motifs is 1. The van der Waals surface area contributed by atoms with Crippen molar-refractivity contribution in [2.24, 2.45) is 0 Å². The number of nitrogens with zero attached hydrogens (tertiary/aromatic N) is 2. The van der Waals surface area contributed by atoms with Gasteiger partial charge in [-0.05, 0) is 73.0 Å². The fourth-order valence-electron chi connectivity index (χ4n) is 4.52. The van der Waals surface area contributed by atoms with Gasteiger partial charge in [-0.3, -0.25) is 14.4 Å². The van der Waals surface area contributed by atoms with Gasteiger partial charge < -0.3 is 9.80 Å². The van der Waals surface area contributed by atoms with Crippen molar-refractivity contribution in [3.8, 4) is 0 Å². The quantitative estimate of drug-likeness (QED) is 0.429. The second-order valence-corrected chi connectivity index (χ2v) is 8.71. The van der Waals surface area contributed by atoms with Gasteiger partial charge in [0.2, 0.25) is 12.2 Å². The van der Waals surface area contributed by atoms with Gasteiger partial charge in [0.15, 0.2) is 0 Å². The number of halogens is 1. The molecule has 6 heteroatoms. The van der Waals surface area contributed by atoms with Crippen molar-refractivity contribution in [3.63, 3.8) is 0 Å². The lowest BCUT2D eigenvalue weighted by Crippen LogP contribution is -2.47. The highest BCUT2D eigenvalue weighted by Gasteiger charge is 2.38. The molecule has 0 saturated carbocycles. The molecule has 0 unspecified atom stereocenters. The molecule has 0 N–H and O–H groups in total. The van der Waals surface area contributed by atoms with Gasteiger partial charge >= 0.3 is 0 Å². The summed E-state index contributed by atoms with van der Waals surface area (Å²) in [6, 6.07) is 21.7. The molecule has 1 aliphatic heterocycles. The van der Waals surface area contributed by atoms with E-state index in [-0.39, 0.29) is 23.9 Å². The Morgan fingerprint density at radius 3 is 2.35 bits per heavy atom. The molecule has 1 aliphatic rings. The maximum absolute atomic E-state index is 13.6. The zero-order chi connectivity index (χ0) is 24.2. The average Bonchev–Trinajstić information content (AvgIpc) is 2.84. The van der Waals surface area contributed by atoms with Crippen molar-refractivity contribution in [2.45, 2.75) is 32.4 Å². The molecule has 0 aromatic heterocycles. The Morgan fingerprint density at radius 2 is 1.71 bits per heavy atom. The molecule has 3 aromatic rings. The van der Waals surface area contributed by atoms with Crippen molar-refractivity contribution in [2.75, 3.05) is 9.80 Å². The third-order valence-electron chi connectivity index (χ3n) is 6.04. The maximum Gasteiger partial charge on any atom is 0.258 e. The Balaban J connectivity index is 1.71. The summed E-state index contributed by atoms with van der Waals surface area (Å²) >= 11 is 6.06. The first-order valence-corrected chi connectivity index (χ1v) is 11.4. The number of amides is 2. The molecule has 0 spiro atoms. The number of hydrogen-bond donors (Lipinski definition) is 0. The summed E-state index contributed by atoms with van der Waals surface area (Å²) < 4.78 is 0. The summed E-state index contributed by atoms with van der Waals surface area (Å²) in [5, 5.41) is 0.604. The van der Waals surface area contributed by atoms with Crippen LogP contribution >= 0.6 is 11.6 Å². The standard InChI is InChI=1S/C28H24ClN2O3/c1-19-18-27(31(20(2)33)24-15-13-23(29)14-16-24)25-7-3-4-8-26(25)30(19)28(34)22-11-9-21(10-12-22)6-5-17-32/h3-16,19,27H,18H2,1-2H3/t19-,27+/m0/s1. The minimum Gasteiger partial charge on any atom is -0.305 e. The molecule has 34 heavy (non-hydrogen) atoms. The highest BCUT2D eigenvalue weighted by Crippen LogP contribution is 2.42. The molecule has 1 heterocycles. The van der Waals surface area contributed by atoms with Crippen LogP contribution in [0.25, 0.3) is 6.08 Å². The summed E-state index contributed by atoms with van der Waals surface area (Å²) in [7, 11) is 0. The number of carbonyl (C=O) groups is 2. The van der Waals surface area contributed by atoms with E-state index < -0.39 is 0 Å². The smallest absolute Gasteiger partial charge is 0.258 e. The van der Waals surface area contributed by atoms with E-state index in [1.54, 1.807) is 65.5 Å². The molecule has 4 rings (SSSR count). The number of benzene rings is 3. The monoisotopic (exact) mass is 471 g/mol. The molecule has 0 saturated heterocycles. The minimum atomic E-state index is -0.221.